The first-order valence-electron chi connectivity index (χ1n) is 7.40. The van der Waals surface area contributed by atoms with Crippen molar-refractivity contribution in [1.82, 2.24) is 9.78 Å². The second kappa shape index (κ2) is 4.93. The Bertz CT molecular complexity index is 498. The molecule has 0 amide bonds. The molecule has 3 rings (SSSR count). The van der Waals surface area contributed by atoms with Crippen LogP contribution in [0, 0.1) is 17.8 Å². The van der Waals surface area contributed by atoms with E-state index in [1.54, 1.807) is 0 Å². The average Bonchev–Trinajstić information content (AvgIpc) is 2.90. The van der Waals surface area contributed by atoms with Gasteiger partial charge in [0.2, 0.25) is 0 Å². The highest BCUT2D eigenvalue weighted by Gasteiger charge is 2.47. The number of carbonyl (C=O) groups excluding carboxylic acids is 1. The standard InChI is InChI=1S/C15H21ClN2O/c1-3-12-15(16)13(18(4-2)17-12)8-14(19)11-6-9-5-10(9)7-11/h9-11H,3-8H2,1-2H3. The zero-order chi connectivity index (χ0) is 13.6. The van der Waals surface area contributed by atoms with Crippen molar-refractivity contribution >= 4 is 17.4 Å². The topological polar surface area (TPSA) is 34.9 Å². The van der Waals surface area contributed by atoms with Gasteiger partial charge in [-0.3, -0.25) is 9.48 Å². The fraction of sp³-hybridized carbons (Fsp3) is 0.733. The van der Waals surface area contributed by atoms with E-state index in [1.807, 2.05) is 18.5 Å². The van der Waals surface area contributed by atoms with Gasteiger partial charge in [-0.05, 0) is 44.4 Å². The molecular formula is C15H21ClN2O. The van der Waals surface area contributed by atoms with E-state index in [2.05, 4.69) is 5.10 Å². The molecule has 19 heavy (non-hydrogen) atoms. The third-order valence-corrected chi connectivity index (χ3v) is 5.17. The maximum absolute atomic E-state index is 12.4. The number of hydrogen-bond acceptors (Lipinski definition) is 2. The molecule has 2 aliphatic rings. The Hall–Kier alpha value is -0.830. The summed E-state index contributed by atoms with van der Waals surface area (Å²) in [4.78, 5) is 12.4. The van der Waals surface area contributed by atoms with Gasteiger partial charge in [0, 0.05) is 12.5 Å². The summed E-state index contributed by atoms with van der Waals surface area (Å²) in [5, 5.41) is 5.19. The number of carbonyl (C=O) groups is 1. The molecule has 2 fully saturated rings. The monoisotopic (exact) mass is 280 g/mol. The molecule has 4 heteroatoms. The molecule has 2 atom stereocenters. The van der Waals surface area contributed by atoms with Crippen LogP contribution in [0.4, 0.5) is 0 Å². The lowest BCUT2D eigenvalue weighted by Crippen LogP contribution is -2.17. The lowest BCUT2D eigenvalue weighted by Gasteiger charge is -2.11. The second-order valence-corrected chi connectivity index (χ2v) is 6.32. The van der Waals surface area contributed by atoms with E-state index in [9.17, 15) is 4.79 Å². The number of halogens is 1. The zero-order valence-electron chi connectivity index (χ0n) is 11.7. The normalized spacial score (nSPS) is 28.5. The van der Waals surface area contributed by atoms with Gasteiger partial charge in [-0.1, -0.05) is 18.5 Å². The summed E-state index contributed by atoms with van der Waals surface area (Å²) in [5.74, 6) is 2.36. The number of Topliss-reactive ketones (excluding diaryl/α,β-unsaturated/α-hetero) is 1. The number of ketones is 1. The Kier molecular flexibility index (Phi) is 3.42. The molecule has 0 spiro atoms. The number of nitrogens with zero attached hydrogens (tertiary/aromatic N) is 2. The van der Waals surface area contributed by atoms with E-state index < -0.39 is 0 Å². The van der Waals surface area contributed by atoms with Crippen LogP contribution >= 0.6 is 11.6 Å². The van der Waals surface area contributed by atoms with Crippen LogP contribution in [0.25, 0.3) is 0 Å². The molecule has 0 aliphatic heterocycles. The van der Waals surface area contributed by atoms with Gasteiger partial charge in [0.15, 0.2) is 0 Å². The van der Waals surface area contributed by atoms with Gasteiger partial charge in [-0.25, -0.2) is 0 Å². The van der Waals surface area contributed by atoms with Gasteiger partial charge in [-0.15, -0.1) is 0 Å². The highest BCUT2D eigenvalue weighted by Crippen LogP contribution is 2.54. The van der Waals surface area contributed by atoms with Gasteiger partial charge in [0.25, 0.3) is 0 Å². The van der Waals surface area contributed by atoms with Crippen molar-refractivity contribution in [3.8, 4) is 0 Å². The Labute approximate surface area is 119 Å². The van der Waals surface area contributed by atoms with Crippen LogP contribution in [0.15, 0.2) is 0 Å². The molecule has 0 radical (unpaired) electrons. The maximum atomic E-state index is 12.4. The maximum Gasteiger partial charge on any atom is 0.141 e. The van der Waals surface area contributed by atoms with Crippen molar-refractivity contribution in [2.24, 2.45) is 17.8 Å². The summed E-state index contributed by atoms with van der Waals surface area (Å²) < 4.78 is 1.90. The molecule has 104 valence electrons. The summed E-state index contributed by atoms with van der Waals surface area (Å²) in [6.07, 6.45) is 4.87. The molecule has 0 N–H and O–H groups in total. The summed E-state index contributed by atoms with van der Waals surface area (Å²) in [7, 11) is 0. The Balaban J connectivity index is 1.74. The quantitative estimate of drug-likeness (QED) is 0.830. The number of aryl methyl sites for hydroxylation is 2. The molecule has 1 aromatic heterocycles. The molecule has 2 aliphatic carbocycles. The average molecular weight is 281 g/mol. The van der Waals surface area contributed by atoms with Crippen molar-refractivity contribution in [3.05, 3.63) is 16.4 Å². The number of fused-ring (bicyclic) bond motifs is 1. The lowest BCUT2D eigenvalue weighted by atomic mass is 9.95. The summed E-state index contributed by atoms with van der Waals surface area (Å²) >= 11 is 6.36. The van der Waals surface area contributed by atoms with Gasteiger partial charge in [0.1, 0.15) is 5.78 Å². The van der Waals surface area contributed by atoms with E-state index in [0.717, 1.165) is 49.0 Å². The largest absolute Gasteiger partial charge is 0.299 e. The fourth-order valence-electron chi connectivity index (χ4n) is 3.47. The van der Waals surface area contributed by atoms with Gasteiger partial charge >= 0.3 is 0 Å². The minimum Gasteiger partial charge on any atom is -0.299 e. The first-order chi connectivity index (χ1) is 9.13. The Morgan fingerprint density at radius 2 is 2.00 bits per heavy atom. The Morgan fingerprint density at radius 1 is 1.32 bits per heavy atom. The third kappa shape index (κ3) is 2.33. The van der Waals surface area contributed by atoms with Crippen LogP contribution in [0.5, 0.6) is 0 Å². The molecule has 1 aromatic rings. The Morgan fingerprint density at radius 3 is 2.58 bits per heavy atom. The first kappa shape index (κ1) is 13.2. The first-order valence-corrected chi connectivity index (χ1v) is 7.78. The summed E-state index contributed by atoms with van der Waals surface area (Å²) in [6, 6.07) is 0. The number of hydrogen-bond donors (Lipinski definition) is 0. The summed E-state index contributed by atoms with van der Waals surface area (Å²) in [6.45, 7) is 4.87. The highest BCUT2D eigenvalue weighted by atomic mass is 35.5. The van der Waals surface area contributed by atoms with E-state index in [4.69, 9.17) is 11.6 Å². The van der Waals surface area contributed by atoms with Gasteiger partial charge < -0.3 is 0 Å². The van der Waals surface area contributed by atoms with Crippen LogP contribution in [-0.2, 0) is 24.2 Å². The minimum atomic E-state index is 0.282. The van der Waals surface area contributed by atoms with Crippen LogP contribution in [0.3, 0.4) is 0 Å². The van der Waals surface area contributed by atoms with Crippen molar-refractivity contribution in [3.63, 3.8) is 0 Å². The molecule has 3 nitrogen and oxygen atoms in total. The molecule has 2 unspecified atom stereocenters. The summed E-state index contributed by atoms with van der Waals surface area (Å²) in [5.41, 5.74) is 1.84. The van der Waals surface area contributed by atoms with Crippen LogP contribution in [-0.4, -0.2) is 15.6 Å². The fourth-order valence-corrected chi connectivity index (χ4v) is 3.81. The minimum absolute atomic E-state index is 0.282. The highest BCUT2D eigenvalue weighted by molar-refractivity contribution is 6.32. The molecule has 1 heterocycles. The van der Waals surface area contributed by atoms with Crippen LogP contribution in [0.2, 0.25) is 5.02 Å². The second-order valence-electron chi connectivity index (χ2n) is 5.94. The van der Waals surface area contributed by atoms with Crippen molar-refractivity contribution < 1.29 is 4.79 Å². The predicted octanol–water partition coefficient (Wildman–Crippen LogP) is 3.28. The van der Waals surface area contributed by atoms with Gasteiger partial charge in [-0.2, -0.15) is 5.10 Å². The zero-order valence-corrected chi connectivity index (χ0v) is 12.4. The molecule has 0 saturated heterocycles. The van der Waals surface area contributed by atoms with Crippen LogP contribution in [0.1, 0.15) is 44.5 Å². The third-order valence-electron chi connectivity index (χ3n) is 4.73. The molecule has 0 aromatic carbocycles. The smallest absolute Gasteiger partial charge is 0.141 e. The number of rotatable bonds is 5. The van der Waals surface area contributed by atoms with E-state index >= 15 is 0 Å². The van der Waals surface area contributed by atoms with Crippen molar-refractivity contribution in [1.29, 1.82) is 0 Å². The van der Waals surface area contributed by atoms with Crippen molar-refractivity contribution in [2.75, 3.05) is 0 Å². The molecule has 0 bridgehead atoms. The molecule has 2 saturated carbocycles. The predicted molar refractivity (Wildman–Crippen MR) is 75.3 cm³/mol. The van der Waals surface area contributed by atoms with Crippen molar-refractivity contribution in [2.45, 2.75) is 52.5 Å². The van der Waals surface area contributed by atoms with Gasteiger partial charge in [0.05, 0.1) is 22.8 Å². The number of aromatic nitrogens is 2. The van der Waals surface area contributed by atoms with E-state index in [-0.39, 0.29) is 5.92 Å². The van der Waals surface area contributed by atoms with E-state index in [0.29, 0.717) is 17.2 Å². The SMILES string of the molecule is CCc1nn(CC)c(CC(=O)C2CC3CC3C2)c1Cl. The molecular weight excluding hydrogens is 260 g/mol. The lowest BCUT2D eigenvalue weighted by molar-refractivity contribution is -0.122. The van der Waals surface area contributed by atoms with Crippen LogP contribution < -0.4 is 0 Å². The van der Waals surface area contributed by atoms with E-state index in [1.165, 1.54) is 6.42 Å².